The smallest absolute Gasteiger partial charge is 0.243 e. The highest BCUT2D eigenvalue weighted by Gasteiger charge is 2.33. The van der Waals surface area contributed by atoms with E-state index in [4.69, 9.17) is 16.3 Å². The highest BCUT2D eigenvalue weighted by Crippen LogP contribution is 2.32. The van der Waals surface area contributed by atoms with Crippen LogP contribution in [0.15, 0.2) is 71.8 Å². The lowest BCUT2D eigenvalue weighted by Gasteiger charge is -2.19. The Morgan fingerprint density at radius 2 is 1.84 bits per heavy atom. The van der Waals surface area contributed by atoms with Crippen LogP contribution in [0, 0.1) is 0 Å². The normalized spacial score (nSPS) is 16.6. The van der Waals surface area contributed by atoms with E-state index in [1.54, 1.807) is 12.1 Å². The molecule has 0 saturated carbocycles. The Bertz CT molecular complexity index is 1000. The molecule has 1 aliphatic rings. The maximum absolute atomic E-state index is 12.0. The summed E-state index contributed by atoms with van der Waals surface area (Å²) in [6.07, 6.45) is -0.613. The predicted octanol–water partition coefficient (Wildman–Crippen LogP) is 4.73. The highest BCUT2D eigenvalue weighted by molar-refractivity contribution is 6.30. The van der Waals surface area contributed by atoms with Crippen LogP contribution in [0.2, 0.25) is 5.02 Å². The number of benzene rings is 3. The van der Waals surface area contributed by atoms with Gasteiger partial charge >= 0.3 is 0 Å². The van der Waals surface area contributed by atoms with Gasteiger partial charge in [-0.25, -0.2) is 0 Å². The monoisotopic (exact) mass is 350 g/mol. The third kappa shape index (κ3) is 2.96. The van der Waals surface area contributed by atoms with Crippen molar-refractivity contribution >= 4 is 34.2 Å². The molecule has 3 aromatic carbocycles. The predicted molar refractivity (Wildman–Crippen MR) is 98.3 cm³/mol. The molecule has 0 radical (unpaired) electrons. The largest absolute Gasteiger partial charge is 0.446 e. The molecule has 4 nitrogen and oxygen atoms in total. The zero-order valence-corrected chi connectivity index (χ0v) is 14.3. The van der Waals surface area contributed by atoms with Crippen molar-refractivity contribution in [3.05, 3.63) is 82.9 Å². The minimum Gasteiger partial charge on any atom is -0.446 e. The first-order valence-corrected chi connectivity index (χ1v) is 8.29. The molecule has 3 aromatic rings. The number of fused-ring (bicyclic) bond motifs is 1. The van der Waals surface area contributed by atoms with Crippen LogP contribution in [0.1, 0.15) is 24.3 Å². The van der Waals surface area contributed by atoms with E-state index in [9.17, 15) is 4.79 Å². The lowest BCUT2D eigenvalue weighted by Crippen LogP contribution is -2.25. The number of carbonyl (C=O) groups excluding carboxylic acids is 1. The Morgan fingerprint density at radius 1 is 1.04 bits per heavy atom. The highest BCUT2D eigenvalue weighted by atomic mass is 35.5. The van der Waals surface area contributed by atoms with Gasteiger partial charge in [0.2, 0.25) is 18.0 Å². The molecular weight excluding hydrogens is 336 g/mol. The van der Waals surface area contributed by atoms with E-state index in [0.717, 1.165) is 21.9 Å². The molecule has 0 fully saturated rings. The lowest BCUT2D eigenvalue weighted by molar-refractivity contribution is -0.135. The zero-order valence-electron chi connectivity index (χ0n) is 13.5. The summed E-state index contributed by atoms with van der Waals surface area (Å²) < 4.78 is 6.01. The summed E-state index contributed by atoms with van der Waals surface area (Å²) in [5.74, 6) is 0.228. The van der Waals surface area contributed by atoms with Crippen LogP contribution >= 0.6 is 11.6 Å². The summed E-state index contributed by atoms with van der Waals surface area (Å²) >= 11 is 6.07. The van der Waals surface area contributed by atoms with Gasteiger partial charge in [-0.05, 0) is 35.0 Å². The number of carbonyl (C=O) groups is 1. The van der Waals surface area contributed by atoms with E-state index >= 15 is 0 Å². The number of nitrogens with zero attached hydrogens (tertiary/aromatic N) is 2. The molecule has 4 rings (SSSR count). The molecule has 0 N–H and O–H groups in total. The number of hydrazone groups is 1. The maximum Gasteiger partial charge on any atom is 0.243 e. The van der Waals surface area contributed by atoms with E-state index in [-0.39, 0.29) is 5.91 Å². The first-order valence-electron chi connectivity index (χ1n) is 7.91. The van der Waals surface area contributed by atoms with Gasteiger partial charge in [-0.15, -0.1) is 5.10 Å². The molecule has 0 spiro atoms. The van der Waals surface area contributed by atoms with Gasteiger partial charge in [-0.2, -0.15) is 5.01 Å². The summed E-state index contributed by atoms with van der Waals surface area (Å²) in [7, 11) is 0. The van der Waals surface area contributed by atoms with Gasteiger partial charge in [0.25, 0.3) is 0 Å². The maximum atomic E-state index is 12.0. The van der Waals surface area contributed by atoms with Gasteiger partial charge < -0.3 is 4.74 Å². The lowest BCUT2D eigenvalue weighted by atomic mass is 10.1. The Labute approximate surface area is 150 Å². The molecule has 124 valence electrons. The zero-order chi connectivity index (χ0) is 17.4. The van der Waals surface area contributed by atoms with Crippen LogP contribution in [0.4, 0.5) is 0 Å². The van der Waals surface area contributed by atoms with E-state index in [2.05, 4.69) is 5.10 Å². The molecule has 1 heterocycles. The first-order chi connectivity index (χ1) is 12.1. The number of hydrogen-bond acceptors (Lipinski definition) is 3. The summed E-state index contributed by atoms with van der Waals surface area (Å²) in [6.45, 7) is 1.47. The van der Waals surface area contributed by atoms with Crippen LogP contribution in [-0.4, -0.2) is 16.8 Å². The number of ether oxygens (including phenoxy) is 1. The molecule has 0 unspecified atom stereocenters. The van der Waals surface area contributed by atoms with Crippen molar-refractivity contribution in [2.24, 2.45) is 5.10 Å². The summed E-state index contributed by atoms with van der Waals surface area (Å²) in [5, 5.41) is 8.55. The quantitative estimate of drug-likeness (QED) is 0.670. The van der Waals surface area contributed by atoms with Gasteiger partial charge in [0.05, 0.1) is 0 Å². The van der Waals surface area contributed by atoms with Crippen molar-refractivity contribution in [3.8, 4) is 0 Å². The summed E-state index contributed by atoms with van der Waals surface area (Å²) in [5.41, 5.74) is 1.61. The van der Waals surface area contributed by atoms with E-state index in [1.165, 1.54) is 11.9 Å². The molecule has 1 aliphatic heterocycles. The fourth-order valence-corrected chi connectivity index (χ4v) is 3.08. The van der Waals surface area contributed by atoms with Crippen molar-refractivity contribution in [1.29, 1.82) is 0 Å². The average Bonchev–Trinajstić information content (AvgIpc) is 3.07. The van der Waals surface area contributed by atoms with Crippen molar-refractivity contribution in [2.75, 3.05) is 0 Å². The topological polar surface area (TPSA) is 41.9 Å². The van der Waals surface area contributed by atoms with Crippen molar-refractivity contribution in [1.82, 2.24) is 5.01 Å². The fourth-order valence-electron chi connectivity index (χ4n) is 2.88. The van der Waals surface area contributed by atoms with E-state index in [1.807, 2.05) is 54.6 Å². The molecule has 0 saturated heterocycles. The molecule has 0 aliphatic carbocycles. The molecule has 1 atom stereocenters. The van der Waals surface area contributed by atoms with Gasteiger partial charge in [-0.3, -0.25) is 4.79 Å². The van der Waals surface area contributed by atoms with Crippen molar-refractivity contribution in [3.63, 3.8) is 0 Å². The third-order valence-corrected chi connectivity index (χ3v) is 4.33. The second kappa shape index (κ2) is 6.22. The van der Waals surface area contributed by atoms with Crippen LogP contribution < -0.4 is 0 Å². The third-order valence-electron chi connectivity index (χ3n) is 4.10. The fraction of sp³-hybridized carbons (Fsp3) is 0.100. The Morgan fingerprint density at radius 3 is 2.60 bits per heavy atom. The molecule has 25 heavy (non-hydrogen) atoms. The Balaban J connectivity index is 1.72. The second-order valence-corrected chi connectivity index (χ2v) is 6.29. The Hall–Kier alpha value is -2.85. The first kappa shape index (κ1) is 15.7. The van der Waals surface area contributed by atoms with Crippen LogP contribution in [0.3, 0.4) is 0 Å². The molecule has 1 amide bonds. The van der Waals surface area contributed by atoms with Gasteiger partial charge in [-0.1, -0.05) is 54.1 Å². The van der Waals surface area contributed by atoms with E-state index < -0.39 is 6.23 Å². The van der Waals surface area contributed by atoms with Crippen molar-refractivity contribution < 1.29 is 9.53 Å². The van der Waals surface area contributed by atoms with Gasteiger partial charge in [0.1, 0.15) is 0 Å². The summed E-state index contributed by atoms with van der Waals surface area (Å²) in [6, 6.07) is 21.3. The average molecular weight is 351 g/mol. The molecule has 5 heteroatoms. The number of amides is 1. The van der Waals surface area contributed by atoms with Gasteiger partial charge in [0, 0.05) is 23.1 Å². The Kier molecular flexibility index (Phi) is 3.90. The second-order valence-electron chi connectivity index (χ2n) is 5.86. The standard InChI is InChI=1S/C20H15ClN2O2/c1-13(24)23-20(17-7-4-8-18(21)12-17)25-19(22-23)16-10-9-14-5-2-3-6-15(14)11-16/h2-12,20H,1H3/t20-/m0/s1. The number of halogens is 1. The molecule has 0 aromatic heterocycles. The van der Waals surface area contributed by atoms with E-state index in [0.29, 0.717) is 10.9 Å². The minimum absolute atomic E-state index is 0.194. The SMILES string of the molecule is CC(=O)N1N=C(c2ccc3ccccc3c2)O[C@H]1c1cccc(Cl)c1. The number of rotatable bonds is 2. The van der Waals surface area contributed by atoms with Crippen LogP contribution in [0.5, 0.6) is 0 Å². The minimum atomic E-state index is -0.613. The molecular formula is C20H15ClN2O2. The van der Waals surface area contributed by atoms with Crippen LogP contribution in [-0.2, 0) is 9.53 Å². The summed E-state index contributed by atoms with van der Waals surface area (Å²) in [4.78, 5) is 12.0. The number of hydrogen-bond donors (Lipinski definition) is 0. The molecule has 0 bridgehead atoms. The van der Waals surface area contributed by atoms with Crippen molar-refractivity contribution in [2.45, 2.75) is 13.2 Å². The van der Waals surface area contributed by atoms with Gasteiger partial charge in [0.15, 0.2) is 0 Å². The van der Waals surface area contributed by atoms with Crippen LogP contribution in [0.25, 0.3) is 10.8 Å².